The zero-order valence-corrected chi connectivity index (χ0v) is 13.6. The van der Waals surface area contributed by atoms with Gasteiger partial charge in [-0.1, -0.05) is 13.8 Å². The Morgan fingerprint density at radius 2 is 2.09 bits per heavy atom. The van der Waals surface area contributed by atoms with Crippen molar-refractivity contribution in [2.45, 2.75) is 46.1 Å². The van der Waals surface area contributed by atoms with Crippen molar-refractivity contribution < 1.29 is 9.59 Å². The predicted octanol–water partition coefficient (Wildman–Crippen LogP) is 2.48. The van der Waals surface area contributed by atoms with Crippen LogP contribution < -0.4 is 5.32 Å². The Morgan fingerprint density at radius 3 is 2.73 bits per heavy atom. The topological polar surface area (TPSA) is 62.3 Å². The third kappa shape index (κ3) is 4.06. The lowest BCUT2D eigenvalue weighted by atomic mass is 9.98. The number of amides is 2. The number of hydrogen-bond acceptors (Lipinski definition) is 3. The number of likely N-dealkylation sites (tertiary alicyclic amines) is 1. The van der Waals surface area contributed by atoms with E-state index in [1.165, 1.54) is 6.20 Å². The molecule has 120 valence electrons. The van der Waals surface area contributed by atoms with Gasteiger partial charge in [0.15, 0.2) is 0 Å². The van der Waals surface area contributed by atoms with E-state index in [4.69, 9.17) is 0 Å². The standard InChI is InChI=1S/C17H25N3O2/c1-4-13(3)19-16(21)15-11-14(5-8-18-15)17(22)20-9-6-12(2)7-10-20/h5,8,11-13H,4,6-7,9-10H2,1-3H3,(H,19,21). The van der Waals surface area contributed by atoms with Crippen molar-refractivity contribution in [1.29, 1.82) is 0 Å². The summed E-state index contributed by atoms with van der Waals surface area (Å²) in [6.07, 6.45) is 4.47. The number of hydrogen-bond donors (Lipinski definition) is 1. The number of piperidine rings is 1. The third-order valence-electron chi connectivity index (χ3n) is 4.30. The first-order valence-electron chi connectivity index (χ1n) is 8.07. The molecule has 0 bridgehead atoms. The summed E-state index contributed by atoms with van der Waals surface area (Å²) in [5.74, 6) is 0.446. The maximum atomic E-state index is 12.5. The summed E-state index contributed by atoms with van der Waals surface area (Å²) >= 11 is 0. The van der Waals surface area contributed by atoms with Gasteiger partial charge in [-0.05, 0) is 44.2 Å². The average Bonchev–Trinajstić information content (AvgIpc) is 2.54. The van der Waals surface area contributed by atoms with Crippen molar-refractivity contribution in [2.75, 3.05) is 13.1 Å². The van der Waals surface area contributed by atoms with Crippen molar-refractivity contribution in [2.24, 2.45) is 5.92 Å². The molecule has 1 aromatic rings. The molecule has 1 atom stereocenters. The molecular formula is C17H25N3O2. The monoisotopic (exact) mass is 303 g/mol. The molecule has 2 heterocycles. The molecule has 5 heteroatoms. The molecule has 1 N–H and O–H groups in total. The molecular weight excluding hydrogens is 278 g/mol. The Morgan fingerprint density at radius 1 is 1.41 bits per heavy atom. The molecule has 22 heavy (non-hydrogen) atoms. The normalized spacial score (nSPS) is 17.1. The van der Waals surface area contributed by atoms with Gasteiger partial charge in [0.05, 0.1) is 0 Å². The highest BCUT2D eigenvalue weighted by Gasteiger charge is 2.22. The Bertz CT molecular complexity index is 536. The van der Waals surface area contributed by atoms with Gasteiger partial charge in [0.1, 0.15) is 5.69 Å². The highest BCUT2D eigenvalue weighted by atomic mass is 16.2. The smallest absolute Gasteiger partial charge is 0.270 e. The Labute approximate surface area is 132 Å². The molecule has 0 saturated carbocycles. The van der Waals surface area contributed by atoms with Gasteiger partial charge in [-0.25, -0.2) is 0 Å². The van der Waals surface area contributed by atoms with Gasteiger partial charge < -0.3 is 10.2 Å². The van der Waals surface area contributed by atoms with Crippen LogP contribution in [-0.4, -0.2) is 40.8 Å². The first-order valence-corrected chi connectivity index (χ1v) is 8.07. The van der Waals surface area contributed by atoms with Crippen LogP contribution in [0.5, 0.6) is 0 Å². The summed E-state index contributed by atoms with van der Waals surface area (Å²) in [7, 11) is 0. The molecule has 1 aliphatic heterocycles. The lowest BCUT2D eigenvalue weighted by Crippen LogP contribution is -2.38. The van der Waals surface area contributed by atoms with Crippen molar-refractivity contribution in [1.82, 2.24) is 15.2 Å². The predicted molar refractivity (Wildman–Crippen MR) is 85.8 cm³/mol. The SMILES string of the molecule is CCC(C)NC(=O)c1cc(C(=O)N2CCC(C)CC2)ccn1. The maximum Gasteiger partial charge on any atom is 0.270 e. The fourth-order valence-electron chi connectivity index (χ4n) is 2.48. The van der Waals surface area contributed by atoms with Crippen molar-refractivity contribution in [3.05, 3.63) is 29.6 Å². The molecule has 0 spiro atoms. The molecule has 1 saturated heterocycles. The summed E-state index contributed by atoms with van der Waals surface area (Å²) in [5, 5.41) is 2.87. The van der Waals surface area contributed by atoms with Crippen LogP contribution >= 0.6 is 0 Å². The van der Waals surface area contributed by atoms with E-state index >= 15 is 0 Å². The van der Waals surface area contributed by atoms with E-state index in [0.29, 0.717) is 17.2 Å². The summed E-state index contributed by atoms with van der Waals surface area (Å²) in [5.41, 5.74) is 0.843. The van der Waals surface area contributed by atoms with Gasteiger partial charge in [-0.3, -0.25) is 14.6 Å². The van der Waals surface area contributed by atoms with E-state index in [1.54, 1.807) is 12.1 Å². The first-order chi connectivity index (χ1) is 10.5. The second-order valence-electron chi connectivity index (χ2n) is 6.19. The number of nitrogens with one attached hydrogen (secondary N) is 1. The molecule has 1 aliphatic rings. The second kappa shape index (κ2) is 7.38. The zero-order valence-electron chi connectivity index (χ0n) is 13.6. The second-order valence-corrected chi connectivity index (χ2v) is 6.19. The quantitative estimate of drug-likeness (QED) is 0.929. The number of carbonyl (C=O) groups is 2. The summed E-state index contributed by atoms with van der Waals surface area (Å²) in [6, 6.07) is 3.37. The van der Waals surface area contributed by atoms with Crippen molar-refractivity contribution >= 4 is 11.8 Å². The summed E-state index contributed by atoms with van der Waals surface area (Å²) in [4.78, 5) is 30.6. The van der Waals surface area contributed by atoms with E-state index < -0.39 is 0 Å². The summed E-state index contributed by atoms with van der Waals surface area (Å²) in [6.45, 7) is 7.75. The van der Waals surface area contributed by atoms with Crippen LogP contribution in [0.1, 0.15) is 60.9 Å². The van der Waals surface area contributed by atoms with Gasteiger partial charge in [0.2, 0.25) is 0 Å². The molecule has 1 fully saturated rings. The number of nitrogens with zero attached hydrogens (tertiary/aromatic N) is 2. The Balaban J connectivity index is 2.07. The van der Waals surface area contributed by atoms with Crippen LogP contribution in [0.4, 0.5) is 0 Å². The van der Waals surface area contributed by atoms with Crippen LogP contribution in [0.2, 0.25) is 0 Å². The fourth-order valence-corrected chi connectivity index (χ4v) is 2.48. The summed E-state index contributed by atoms with van der Waals surface area (Å²) < 4.78 is 0. The molecule has 2 rings (SSSR count). The minimum absolute atomic E-state index is 0.00751. The average molecular weight is 303 g/mol. The van der Waals surface area contributed by atoms with Gasteiger partial charge in [0, 0.05) is 30.9 Å². The van der Waals surface area contributed by atoms with Crippen LogP contribution in [0, 0.1) is 5.92 Å². The van der Waals surface area contributed by atoms with Gasteiger partial charge >= 0.3 is 0 Å². The fraction of sp³-hybridized carbons (Fsp3) is 0.588. The lowest BCUT2D eigenvalue weighted by Gasteiger charge is -2.30. The largest absolute Gasteiger partial charge is 0.348 e. The molecule has 0 radical (unpaired) electrons. The van der Waals surface area contributed by atoms with Crippen LogP contribution in [0.3, 0.4) is 0 Å². The third-order valence-corrected chi connectivity index (χ3v) is 4.30. The highest BCUT2D eigenvalue weighted by molar-refractivity contribution is 5.98. The number of aromatic nitrogens is 1. The maximum absolute atomic E-state index is 12.5. The van der Waals surface area contributed by atoms with Crippen molar-refractivity contribution in [3.8, 4) is 0 Å². The highest BCUT2D eigenvalue weighted by Crippen LogP contribution is 2.18. The van der Waals surface area contributed by atoms with E-state index in [9.17, 15) is 9.59 Å². The van der Waals surface area contributed by atoms with Crippen LogP contribution in [0.25, 0.3) is 0 Å². The Kier molecular flexibility index (Phi) is 5.52. The number of pyridine rings is 1. The Hall–Kier alpha value is -1.91. The molecule has 1 aromatic heterocycles. The number of rotatable bonds is 4. The zero-order chi connectivity index (χ0) is 16.1. The van der Waals surface area contributed by atoms with E-state index in [2.05, 4.69) is 17.2 Å². The molecule has 0 aromatic carbocycles. The van der Waals surface area contributed by atoms with Gasteiger partial charge in [0.25, 0.3) is 11.8 Å². The van der Waals surface area contributed by atoms with Crippen LogP contribution in [-0.2, 0) is 0 Å². The molecule has 0 aliphatic carbocycles. The molecule has 2 amide bonds. The lowest BCUT2D eigenvalue weighted by molar-refractivity contribution is 0.0697. The van der Waals surface area contributed by atoms with Crippen molar-refractivity contribution in [3.63, 3.8) is 0 Å². The van der Waals surface area contributed by atoms with E-state index in [0.717, 1.165) is 32.4 Å². The minimum atomic E-state index is -0.226. The van der Waals surface area contributed by atoms with E-state index in [1.807, 2.05) is 18.7 Å². The minimum Gasteiger partial charge on any atom is -0.348 e. The molecule has 5 nitrogen and oxygen atoms in total. The van der Waals surface area contributed by atoms with E-state index in [-0.39, 0.29) is 17.9 Å². The van der Waals surface area contributed by atoms with Gasteiger partial charge in [-0.15, -0.1) is 0 Å². The first kappa shape index (κ1) is 16.5. The van der Waals surface area contributed by atoms with Crippen LogP contribution in [0.15, 0.2) is 18.3 Å². The van der Waals surface area contributed by atoms with Gasteiger partial charge in [-0.2, -0.15) is 0 Å². The molecule has 1 unspecified atom stereocenters. The number of carbonyl (C=O) groups excluding carboxylic acids is 2.